The number of rotatable bonds is 9. The van der Waals surface area contributed by atoms with Crippen LogP contribution in [0.25, 0.3) is 0 Å². The molecule has 0 saturated heterocycles. The van der Waals surface area contributed by atoms with Gasteiger partial charge in [0.2, 0.25) is 0 Å². The zero-order chi connectivity index (χ0) is 10.8. The predicted molar refractivity (Wildman–Crippen MR) is 64.5 cm³/mol. The molecule has 0 atom stereocenters. The van der Waals surface area contributed by atoms with E-state index in [1.54, 1.807) is 0 Å². The van der Waals surface area contributed by atoms with Gasteiger partial charge in [-0.2, -0.15) is 0 Å². The van der Waals surface area contributed by atoms with Gasteiger partial charge >= 0.3 is 0 Å². The summed E-state index contributed by atoms with van der Waals surface area (Å²) in [5.41, 5.74) is 5.49. The minimum atomic E-state index is 0.685. The lowest BCUT2D eigenvalue weighted by Gasteiger charge is -2.26. The van der Waals surface area contributed by atoms with Crippen LogP contribution in [-0.4, -0.2) is 30.6 Å². The highest BCUT2D eigenvalue weighted by Crippen LogP contribution is 2.05. The minimum Gasteiger partial charge on any atom is -0.330 e. The van der Waals surface area contributed by atoms with Crippen LogP contribution >= 0.6 is 0 Å². The van der Waals surface area contributed by atoms with Crippen LogP contribution in [0.2, 0.25) is 0 Å². The summed E-state index contributed by atoms with van der Waals surface area (Å²) < 4.78 is 0. The Bertz CT molecular complexity index is 103. The van der Waals surface area contributed by atoms with Crippen LogP contribution in [0.5, 0.6) is 0 Å². The van der Waals surface area contributed by atoms with Gasteiger partial charge in [0.25, 0.3) is 0 Å². The first kappa shape index (κ1) is 13.9. The quantitative estimate of drug-likeness (QED) is 0.580. The van der Waals surface area contributed by atoms with Gasteiger partial charge in [-0.05, 0) is 52.7 Å². The molecule has 0 heterocycles. The van der Waals surface area contributed by atoms with Crippen LogP contribution in [0.4, 0.5) is 0 Å². The normalized spacial score (nSPS) is 11.6. The van der Waals surface area contributed by atoms with Crippen molar-refractivity contribution in [3.8, 4) is 0 Å². The summed E-state index contributed by atoms with van der Waals surface area (Å²) in [4.78, 5) is 2.57. The van der Waals surface area contributed by atoms with Crippen LogP contribution in [-0.2, 0) is 0 Å². The SMILES string of the molecule is CCCCCN(CCCCN)C(C)C. The van der Waals surface area contributed by atoms with Gasteiger partial charge in [-0.3, -0.25) is 0 Å². The Morgan fingerprint density at radius 3 is 2.00 bits per heavy atom. The molecule has 0 aromatic rings. The van der Waals surface area contributed by atoms with Gasteiger partial charge in [0, 0.05) is 6.04 Å². The van der Waals surface area contributed by atoms with Crippen LogP contribution in [0.3, 0.4) is 0 Å². The van der Waals surface area contributed by atoms with E-state index < -0.39 is 0 Å². The lowest BCUT2D eigenvalue weighted by atomic mass is 10.2. The minimum absolute atomic E-state index is 0.685. The molecule has 0 amide bonds. The molecule has 0 rings (SSSR count). The molecule has 0 aliphatic carbocycles. The van der Waals surface area contributed by atoms with E-state index in [4.69, 9.17) is 5.73 Å². The summed E-state index contributed by atoms with van der Waals surface area (Å²) in [7, 11) is 0. The maximum atomic E-state index is 5.49. The third-order valence-electron chi connectivity index (χ3n) is 2.68. The van der Waals surface area contributed by atoms with E-state index >= 15 is 0 Å². The molecule has 2 heteroatoms. The van der Waals surface area contributed by atoms with E-state index in [0.717, 1.165) is 13.0 Å². The molecule has 0 fully saturated rings. The van der Waals surface area contributed by atoms with Crippen molar-refractivity contribution in [3.05, 3.63) is 0 Å². The second kappa shape index (κ2) is 9.47. The van der Waals surface area contributed by atoms with Crippen LogP contribution in [0.15, 0.2) is 0 Å². The third kappa shape index (κ3) is 7.34. The molecule has 0 bridgehead atoms. The van der Waals surface area contributed by atoms with Crippen molar-refractivity contribution in [2.24, 2.45) is 5.73 Å². The van der Waals surface area contributed by atoms with E-state index in [-0.39, 0.29) is 0 Å². The van der Waals surface area contributed by atoms with E-state index in [1.807, 2.05) is 0 Å². The largest absolute Gasteiger partial charge is 0.330 e. The third-order valence-corrected chi connectivity index (χ3v) is 2.68. The van der Waals surface area contributed by atoms with Crippen molar-refractivity contribution in [3.63, 3.8) is 0 Å². The molecule has 0 aliphatic heterocycles. The molecule has 0 aromatic carbocycles. The Balaban J connectivity index is 3.55. The Hall–Kier alpha value is -0.0800. The van der Waals surface area contributed by atoms with E-state index in [1.165, 1.54) is 38.8 Å². The summed E-state index contributed by atoms with van der Waals surface area (Å²) in [5.74, 6) is 0. The van der Waals surface area contributed by atoms with E-state index in [0.29, 0.717) is 6.04 Å². The Morgan fingerprint density at radius 2 is 1.57 bits per heavy atom. The van der Waals surface area contributed by atoms with Crippen molar-refractivity contribution < 1.29 is 0 Å². The molecule has 0 aromatic heterocycles. The van der Waals surface area contributed by atoms with Gasteiger partial charge in [0.1, 0.15) is 0 Å². The highest BCUT2D eigenvalue weighted by Gasteiger charge is 2.07. The van der Waals surface area contributed by atoms with Crippen molar-refractivity contribution in [2.45, 2.75) is 58.9 Å². The van der Waals surface area contributed by atoms with Gasteiger partial charge in [0.05, 0.1) is 0 Å². The molecule has 86 valence electrons. The molecular weight excluding hydrogens is 172 g/mol. The van der Waals surface area contributed by atoms with Crippen LogP contribution in [0.1, 0.15) is 52.9 Å². The summed E-state index contributed by atoms with van der Waals surface area (Å²) in [5, 5.41) is 0. The monoisotopic (exact) mass is 200 g/mol. The van der Waals surface area contributed by atoms with Gasteiger partial charge in [0.15, 0.2) is 0 Å². The van der Waals surface area contributed by atoms with Gasteiger partial charge in [-0.25, -0.2) is 0 Å². The maximum absolute atomic E-state index is 5.49. The zero-order valence-corrected chi connectivity index (χ0v) is 10.3. The average Bonchev–Trinajstić information content (AvgIpc) is 2.15. The molecule has 0 aliphatic rings. The zero-order valence-electron chi connectivity index (χ0n) is 10.3. The lowest BCUT2D eigenvalue weighted by molar-refractivity contribution is 0.213. The van der Waals surface area contributed by atoms with Crippen molar-refractivity contribution in [1.82, 2.24) is 4.90 Å². The number of nitrogens with zero attached hydrogens (tertiary/aromatic N) is 1. The smallest absolute Gasteiger partial charge is 0.00385 e. The molecule has 0 saturated carbocycles. The van der Waals surface area contributed by atoms with E-state index in [9.17, 15) is 0 Å². The Morgan fingerprint density at radius 1 is 1.00 bits per heavy atom. The second-order valence-electron chi connectivity index (χ2n) is 4.33. The fourth-order valence-corrected chi connectivity index (χ4v) is 1.65. The standard InChI is InChI=1S/C12H28N2/c1-4-5-7-10-14(12(2)3)11-8-6-9-13/h12H,4-11,13H2,1-3H3. The van der Waals surface area contributed by atoms with Crippen molar-refractivity contribution in [1.29, 1.82) is 0 Å². The Labute approximate surface area is 89.9 Å². The van der Waals surface area contributed by atoms with Crippen molar-refractivity contribution in [2.75, 3.05) is 19.6 Å². The molecule has 0 spiro atoms. The van der Waals surface area contributed by atoms with Crippen molar-refractivity contribution >= 4 is 0 Å². The maximum Gasteiger partial charge on any atom is 0.00385 e. The molecule has 14 heavy (non-hydrogen) atoms. The average molecular weight is 200 g/mol. The molecule has 0 radical (unpaired) electrons. The topological polar surface area (TPSA) is 29.3 Å². The molecule has 0 unspecified atom stereocenters. The van der Waals surface area contributed by atoms with Gasteiger partial charge in [-0.15, -0.1) is 0 Å². The van der Waals surface area contributed by atoms with Gasteiger partial charge < -0.3 is 10.6 Å². The first-order valence-electron chi connectivity index (χ1n) is 6.16. The van der Waals surface area contributed by atoms with E-state index in [2.05, 4.69) is 25.7 Å². The number of hydrogen-bond acceptors (Lipinski definition) is 2. The second-order valence-corrected chi connectivity index (χ2v) is 4.33. The van der Waals surface area contributed by atoms with Gasteiger partial charge in [-0.1, -0.05) is 19.8 Å². The Kier molecular flexibility index (Phi) is 9.42. The summed E-state index contributed by atoms with van der Waals surface area (Å²) in [6.07, 6.45) is 6.43. The number of nitrogens with two attached hydrogens (primary N) is 1. The van der Waals surface area contributed by atoms with Crippen LogP contribution < -0.4 is 5.73 Å². The fourth-order valence-electron chi connectivity index (χ4n) is 1.65. The first-order valence-corrected chi connectivity index (χ1v) is 6.16. The summed E-state index contributed by atoms with van der Waals surface area (Å²) in [6.45, 7) is 10.1. The first-order chi connectivity index (χ1) is 6.72. The fraction of sp³-hybridized carbons (Fsp3) is 1.00. The highest BCUT2D eigenvalue weighted by molar-refractivity contribution is 4.63. The molecular formula is C12H28N2. The summed E-state index contributed by atoms with van der Waals surface area (Å²) >= 11 is 0. The van der Waals surface area contributed by atoms with Crippen LogP contribution in [0, 0.1) is 0 Å². The molecule has 2 nitrogen and oxygen atoms in total. The predicted octanol–water partition coefficient (Wildman–Crippen LogP) is 2.63. The lowest BCUT2D eigenvalue weighted by Crippen LogP contribution is -2.33. The summed E-state index contributed by atoms with van der Waals surface area (Å²) in [6, 6.07) is 0.685. The highest BCUT2D eigenvalue weighted by atomic mass is 15.1. The number of unbranched alkanes of at least 4 members (excludes halogenated alkanes) is 3. The number of hydrogen-bond donors (Lipinski definition) is 1. The molecule has 2 N–H and O–H groups in total.